The third-order valence-electron chi connectivity index (χ3n) is 3.33. The number of methoxy groups -OCH3 is 1. The second kappa shape index (κ2) is 5.89. The normalized spacial score (nSPS) is 12.4. The molecule has 4 heteroatoms. The summed E-state index contributed by atoms with van der Waals surface area (Å²) in [5, 5.41) is 0. The number of hydrogen-bond donors (Lipinski definition) is 2. The van der Waals surface area contributed by atoms with Crippen LogP contribution in [0, 0.1) is 6.92 Å². The quantitative estimate of drug-likeness (QED) is 0.867. The van der Waals surface area contributed by atoms with Gasteiger partial charge in [0.1, 0.15) is 11.6 Å². The van der Waals surface area contributed by atoms with E-state index in [1.165, 1.54) is 0 Å². The van der Waals surface area contributed by atoms with Crippen LogP contribution in [0.1, 0.15) is 30.8 Å². The molecule has 0 spiro atoms. The number of nitrogens with one attached hydrogen (secondary N) is 1. The molecule has 102 valence electrons. The number of H-pyrrole nitrogens is 1. The van der Waals surface area contributed by atoms with E-state index in [9.17, 15) is 0 Å². The predicted octanol–water partition coefficient (Wildman–Crippen LogP) is 2.85. The molecule has 0 aliphatic heterocycles. The van der Waals surface area contributed by atoms with Crippen molar-refractivity contribution in [1.82, 2.24) is 9.97 Å². The molecule has 0 aliphatic carbocycles. The lowest BCUT2D eigenvalue weighted by Gasteiger charge is -2.05. The molecular formula is C15H21N3O. The number of rotatable bonds is 5. The van der Waals surface area contributed by atoms with Crippen LogP contribution in [0.3, 0.4) is 0 Å². The highest BCUT2D eigenvalue weighted by Gasteiger charge is 2.13. The lowest BCUT2D eigenvalue weighted by atomic mass is 10.1. The third kappa shape index (κ3) is 2.96. The van der Waals surface area contributed by atoms with Gasteiger partial charge in [-0.15, -0.1) is 0 Å². The van der Waals surface area contributed by atoms with Crippen molar-refractivity contribution in [2.24, 2.45) is 5.73 Å². The van der Waals surface area contributed by atoms with Crippen LogP contribution in [0.4, 0.5) is 0 Å². The molecule has 0 amide bonds. The molecule has 1 aromatic heterocycles. The Kier molecular flexibility index (Phi) is 4.22. The second-order valence-corrected chi connectivity index (χ2v) is 4.80. The summed E-state index contributed by atoms with van der Waals surface area (Å²) in [5.41, 5.74) is 8.79. The largest absolute Gasteiger partial charge is 0.497 e. The summed E-state index contributed by atoms with van der Waals surface area (Å²) < 4.78 is 5.17. The van der Waals surface area contributed by atoms with E-state index in [-0.39, 0.29) is 0 Å². The van der Waals surface area contributed by atoms with E-state index in [0.717, 1.165) is 34.9 Å². The van der Waals surface area contributed by atoms with Crippen molar-refractivity contribution >= 4 is 0 Å². The average molecular weight is 259 g/mol. The number of nitrogens with two attached hydrogens (primary N) is 1. The van der Waals surface area contributed by atoms with Gasteiger partial charge in [0, 0.05) is 17.2 Å². The Morgan fingerprint density at radius 2 is 2.00 bits per heavy atom. The maximum absolute atomic E-state index is 5.60. The second-order valence-electron chi connectivity index (χ2n) is 4.80. The molecule has 1 atom stereocenters. The summed E-state index contributed by atoms with van der Waals surface area (Å²) in [6.07, 6.45) is 0.939. The number of benzene rings is 1. The minimum atomic E-state index is 0.357. The number of aromatic nitrogens is 2. The molecule has 1 heterocycles. The van der Waals surface area contributed by atoms with E-state index in [4.69, 9.17) is 15.5 Å². The summed E-state index contributed by atoms with van der Waals surface area (Å²) in [6.45, 7) is 4.87. The first-order valence-corrected chi connectivity index (χ1v) is 6.56. The third-order valence-corrected chi connectivity index (χ3v) is 3.33. The summed E-state index contributed by atoms with van der Waals surface area (Å²) in [5.74, 6) is 2.22. The molecule has 2 rings (SSSR count). The molecule has 0 saturated carbocycles. The fraction of sp³-hybridized carbons (Fsp3) is 0.400. The zero-order chi connectivity index (χ0) is 13.8. The minimum Gasteiger partial charge on any atom is -0.497 e. The first-order valence-electron chi connectivity index (χ1n) is 6.56. The van der Waals surface area contributed by atoms with Gasteiger partial charge in [-0.05, 0) is 44.2 Å². The first-order chi connectivity index (χ1) is 9.15. The van der Waals surface area contributed by atoms with Gasteiger partial charge >= 0.3 is 0 Å². The summed E-state index contributed by atoms with van der Waals surface area (Å²) in [6, 6.07) is 7.96. The average Bonchev–Trinajstić information content (AvgIpc) is 2.81. The Bertz CT molecular complexity index is 531. The van der Waals surface area contributed by atoms with E-state index in [0.29, 0.717) is 12.5 Å². The maximum atomic E-state index is 5.60. The van der Waals surface area contributed by atoms with E-state index in [2.05, 4.69) is 11.9 Å². The molecule has 0 radical (unpaired) electrons. The molecule has 3 N–H and O–H groups in total. The van der Waals surface area contributed by atoms with E-state index >= 15 is 0 Å². The Morgan fingerprint density at radius 3 is 2.58 bits per heavy atom. The van der Waals surface area contributed by atoms with Crippen LogP contribution in [0.15, 0.2) is 24.3 Å². The van der Waals surface area contributed by atoms with Crippen molar-refractivity contribution in [3.8, 4) is 17.0 Å². The number of aryl methyl sites for hydroxylation is 1. The number of aromatic amines is 1. The molecule has 0 saturated heterocycles. The molecule has 19 heavy (non-hydrogen) atoms. The predicted molar refractivity (Wildman–Crippen MR) is 77.4 cm³/mol. The maximum Gasteiger partial charge on any atom is 0.118 e. The van der Waals surface area contributed by atoms with Gasteiger partial charge in [0.05, 0.1) is 12.8 Å². The summed E-state index contributed by atoms with van der Waals surface area (Å²) >= 11 is 0. The lowest BCUT2D eigenvalue weighted by Crippen LogP contribution is -2.05. The SMILES string of the molecule is COc1ccc(-c2nc(C(C)CCN)[nH]c2C)cc1. The van der Waals surface area contributed by atoms with Gasteiger partial charge in [-0.3, -0.25) is 0 Å². The fourth-order valence-corrected chi connectivity index (χ4v) is 2.13. The molecule has 0 aliphatic rings. The van der Waals surface area contributed by atoms with Crippen molar-refractivity contribution in [2.45, 2.75) is 26.2 Å². The molecule has 4 nitrogen and oxygen atoms in total. The molecule has 1 unspecified atom stereocenters. The van der Waals surface area contributed by atoms with Crippen molar-refractivity contribution in [3.05, 3.63) is 35.8 Å². The van der Waals surface area contributed by atoms with Gasteiger partial charge in [0.15, 0.2) is 0 Å². The Hall–Kier alpha value is -1.81. The van der Waals surface area contributed by atoms with E-state index in [1.54, 1.807) is 7.11 Å². The number of ether oxygens (including phenoxy) is 1. The van der Waals surface area contributed by atoms with E-state index < -0.39 is 0 Å². The van der Waals surface area contributed by atoms with Gasteiger partial charge in [-0.1, -0.05) is 6.92 Å². The smallest absolute Gasteiger partial charge is 0.118 e. The van der Waals surface area contributed by atoms with Crippen LogP contribution in [0.25, 0.3) is 11.3 Å². The van der Waals surface area contributed by atoms with Crippen LogP contribution in [-0.2, 0) is 0 Å². The van der Waals surface area contributed by atoms with Crippen LogP contribution in [0.5, 0.6) is 5.75 Å². The first kappa shape index (κ1) is 13.6. The number of nitrogens with zero attached hydrogens (tertiary/aromatic N) is 1. The van der Waals surface area contributed by atoms with Crippen LogP contribution < -0.4 is 10.5 Å². The molecule has 0 bridgehead atoms. The monoisotopic (exact) mass is 259 g/mol. The van der Waals surface area contributed by atoms with Crippen molar-refractivity contribution < 1.29 is 4.74 Å². The van der Waals surface area contributed by atoms with E-state index in [1.807, 2.05) is 31.2 Å². The van der Waals surface area contributed by atoms with Crippen molar-refractivity contribution in [3.63, 3.8) is 0 Å². The summed E-state index contributed by atoms with van der Waals surface area (Å²) in [7, 11) is 1.67. The highest BCUT2D eigenvalue weighted by Crippen LogP contribution is 2.26. The van der Waals surface area contributed by atoms with Gasteiger partial charge < -0.3 is 15.5 Å². The van der Waals surface area contributed by atoms with Crippen LogP contribution in [-0.4, -0.2) is 23.6 Å². The Balaban J connectivity index is 2.28. The topological polar surface area (TPSA) is 63.9 Å². The molecule has 2 aromatic rings. The highest BCUT2D eigenvalue weighted by atomic mass is 16.5. The zero-order valence-corrected chi connectivity index (χ0v) is 11.7. The highest BCUT2D eigenvalue weighted by molar-refractivity contribution is 5.62. The molecular weight excluding hydrogens is 238 g/mol. The number of hydrogen-bond acceptors (Lipinski definition) is 3. The summed E-state index contributed by atoms with van der Waals surface area (Å²) in [4.78, 5) is 8.06. The van der Waals surface area contributed by atoms with Crippen molar-refractivity contribution in [1.29, 1.82) is 0 Å². The fourth-order valence-electron chi connectivity index (χ4n) is 2.13. The molecule has 0 fully saturated rings. The Labute approximate surface area is 114 Å². The van der Waals surface area contributed by atoms with Crippen LogP contribution >= 0.6 is 0 Å². The standard InChI is InChI=1S/C15H21N3O/c1-10(8-9-16)15-17-11(2)14(18-15)12-4-6-13(19-3)7-5-12/h4-7,10H,8-9,16H2,1-3H3,(H,17,18). The van der Waals surface area contributed by atoms with Gasteiger partial charge in [-0.25, -0.2) is 4.98 Å². The molecule has 1 aromatic carbocycles. The van der Waals surface area contributed by atoms with Gasteiger partial charge in [0.2, 0.25) is 0 Å². The lowest BCUT2D eigenvalue weighted by molar-refractivity contribution is 0.415. The van der Waals surface area contributed by atoms with Crippen LogP contribution in [0.2, 0.25) is 0 Å². The van der Waals surface area contributed by atoms with Gasteiger partial charge in [-0.2, -0.15) is 0 Å². The zero-order valence-electron chi connectivity index (χ0n) is 11.7. The van der Waals surface area contributed by atoms with Crippen molar-refractivity contribution in [2.75, 3.05) is 13.7 Å². The Morgan fingerprint density at radius 1 is 1.32 bits per heavy atom. The minimum absolute atomic E-state index is 0.357. The van der Waals surface area contributed by atoms with Gasteiger partial charge in [0.25, 0.3) is 0 Å². The number of imidazole rings is 1.